The maximum Gasteiger partial charge on any atom is 0.233 e. The van der Waals surface area contributed by atoms with Crippen LogP contribution in [0.1, 0.15) is 12.8 Å². The highest BCUT2D eigenvalue weighted by molar-refractivity contribution is 6.28. The Morgan fingerprint density at radius 3 is 2.67 bits per heavy atom. The van der Waals surface area contributed by atoms with Gasteiger partial charge in [0.25, 0.3) is 0 Å². The van der Waals surface area contributed by atoms with Gasteiger partial charge in [-0.05, 0) is 36.6 Å². The van der Waals surface area contributed by atoms with Crippen molar-refractivity contribution >= 4 is 29.2 Å². The van der Waals surface area contributed by atoms with E-state index in [-0.39, 0.29) is 17.0 Å². The topological polar surface area (TPSA) is 72.0 Å². The number of anilines is 3. The first kappa shape index (κ1) is 13.8. The smallest absolute Gasteiger partial charge is 0.233 e. The molecule has 1 aromatic carbocycles. The Bertz CT molecular complexity index is 665. The average Bonchev–Trinajstić information content (AvgIpc) is 3.22. The summed E-state index contributed by atoms with van der Waals surface area (Å²) in [6.07, 6.45) is 2.19. The van der Waals surface area contributed by atoms with Gasteiger partial charge in [0.2, 0.25) is 17.2 Å². The minimum absolute atomic E-state index is 0.0737. The van der Waals surface area contributed by atoms with E-state index in [1.54, 1.807) is 6.07 Å². The number of hydrogen-bond acceptors (Lipinski definition) is 6. The third-order valence-corrected chi connectivity index (χ3v) is 3.10. The molecule has 0 spiro atoms. The van der Waals surface area contributed by atoms with Gasteiger partial charge < -0.3 is 15.4 Å². The van der Waals surface area contributed by atoms with E-state index in [0.717, 1.165) is 12.8 Å². The number of nitrogens with one attached hydrogen (secondary N) is 2. The molecule has 1 aromatic heterocycles. The number of rotatable bonds is 5. The molecule has 0 unspecified atom stereocenters. The van der Waals surface area contributed by atoms with Crippen LogP contribution >= 0.6 is 11.6 Å². The molecule has 2 N–H and O–H groups in total. The molecule has 2 aromatic rings. The van der Waals surface area contributed by atoms with Gasteiger partial charge in [0, 0.05) is 17.8 Å². The molecule has 0 radical (unpaired) electrons. The second-order valence-electron chi connectivity index (χ2n) is 4.64. The first-order valence-electron chi connectivity index (χ1n) is 6.43. The van der Waals surface area contributed by atoms with Gasteiger partial charge in [0.15, 0.2) is 11.6 Å². The molecule has 1 fully saturated rings. The third kappa shape index (κ3) is 3.49. The third-order valence-electron chi connectivity index (χ3n) is 2.93. The van der Waals surface area contributed by atoms with Crippen LogP contribution in [-0.4, -0.2) is 28.1 Å². The van der Waals surface area contributed by atoms with Crippen molar-refractivity contribution in [3.63, 3.8) is 0 Å². The Hall–Kier alpha value is -2.15. The molecule has 110 valence electrons. The zero-order valence-corrected chi connectivity index (χ0v) is 12.0. The summed E-state index contributed by atoms with van der Waals surface area (Å²) in [5, 5.41) is 6.09. The van der Waals surface area contributed by atoms with Gasteiger partial charge in [-0.3, -0.25) is 0 Å². The van der Waals surface area contributed by atoms with Crippen LogP contribution in [0.15, 0.2) is 18.2 Å². The molecule has 1 aliphatic rings. The van der Waals surface area contributed by atoms with Crippen molar-refractivity contribution in [2.45, 2.75) is 18.9 Å². The summed E-state index contributed by atoms with van der Waals surface area (Å²) >= 11 is 5.86. The zero-order chi connectivity index (χ0) is 14.8. The summed E-state index contributed by atoms with van der Waals surface area (Å²) in [5.74, 6) is 0.362. The molecule has 6 nitrogen and oxygen atoms in total. The van der Waals surface area contributed by atoms with Crippen LogP contribution in [-0.2, 0) is 0 Å². The standard InChI is InChI=1S/C13H13ClFN5O/c1-21-10-5-4-8(6-9(10)15)17-13-19-11(14)18-12(20-13)16-7-2-3-7/h4-7H,2-3H2,1H3,(H2,16,17,18,19,20). The molecule has 0 aliphatic heterocycles. The summed E-state index contributed by atoms with van der Waals surface area (Å²) in [7, 11) is 1.41. The van der Waals surface area contributed by atoms with Crippen molar-refractivity contribution in [2.24, 2.45) is 0 Å². The van der Waals surface area contributed by atoms with Gasteiger partial charge in [0.1, 0.15) is 0 Å². The van der Waals surface area contributed by atoms with Crippen LogP contribution in [0.5, 0.6) is 5.75 Å². The van der Waals surface area contributed by atoms with Crippen molar-refractivity contribution in [3.8, 4) is 5.75 Å². The number of halogens is 2. The van der Waals surface area contributed by atoms with Crippen molar-refractivity contribution in [2.75, 3.05) is 17.7 Å². The summed E-state index contributed by atoms with van der Waals surface area (Å²) in [6, 6.07) is 4.87. The Balaban J connectivity index is 1.80. The number of hydrogen-bond donors (Lipinski definition) is 2. The second-order valence-corrected chi connectivity index (χ2v) is 4.98. The van der Waals surface area contributed by atoms with E-state index in [9.17, 15) is 4.39 Å². The van der Waals surface area contributed by atoms with E-state index >= 15 is 0 Å². The summed E-state index contributed by atoms with van der Waals surface area (Å²) < 4.78 is 18.5. The minimum atomic E-state index is -0.473. The number of methoxy groups -OCH3 is 1. The summed E-state index contributed by atoms with van der Waals surface area (Å²) in [5.41, 5.74) is 0.493. The van der Waals surface area contributed by atoms with Crippen LogP contribution in [0.25, 0.3) is 0 Å². The van der Waals surface area contributed by atoms with Gasteiger partial charge in [-0.2, -0.15) is 15.0 Å². The van der Waals surface area contributed by atoms with Gasteiger partial charge >= 0.3 is 0 Å². The Morgan fingerprint density at radius 2 is 2.00 bits per heavy atom. The lowest BCUT2D eigenvalue weighted by Gasteiger charge is -2.09. The molecule has 0 amide bonds. The molecular formula is C13H13ClFN5O. The van der Waals surface area contributed by atoms with Gasteiger partial charge in [0.05, 0.1) is 7.11 Å². The van der Waals surface area contributed by atoms with Crippen LogP contribution in [0.2, 0.25) is 5.28 Å². The lowest BCUT2D eigenvalue weighted by atomic mass is 10.3. The SMILES string of the molecule is COc1ccc(Nc2nc(Cl)nc(NC3CC3)n2)cc1F. The Morgan fingerprint density at radius 1 is 1.24 bits per heavy atom. The van der Waals surface area contributed by atoms with E-state index in [0.29, 0.717) is 17.7 Å². The predicted octanol–water partition coefficient (Wildman–Crippen LogP) is 2.99. The zero-order valence-electron chi connectivity index (χ0n) is 11.2. The van der Waals surface area contributed by atoms with Crippen molar-refractivity contribution in [3.05, 3.63) is 29.3 Å². The maximum atomic E-state index is 13.6. The molecule has 21 heavy (non-hydrogen) atoms. The number of ether oxygens (including phenoxy) is 1. The van der Waals surface area contributed by atoms with Crippen LogP contribution in [0.3, 0.4) is 0 Å². The van der Waals surface area contributed by atoms with Gasteiger partial charge in [-0.1, -0.05) is 0 Å². The fourth-order valence-corrected chi connectivity index (χ4v) is 1.91. The molecular weight excluding hydrogens is 297 g/mol. The number of benzene rings is 1. The number of aromatic nitrogens is 3. The fourth-order valence-electron chi connectivity index (χ4n) is 1.75. The lowest BCUT2D eigenvalue weighted by Crippen LogP contribution is -2.08. The van der Waals surface area contributed by atoms with E-state index in [1.807, 2.05) is 0 Å². The molecule has 1 aliphatic carbocycles. The average molecular weight is 310 g/mol. The largest absolute Gasteiger partial charge is 0.494 e. The van der Waals surface area contributed by atoms with E-state index in [1.165, 1.54) is 19.2 Å². The molecule has 0 bridgehead atoms. The summed E-state index contributed by atoms with van der Waals surface area (Å²) in [4.78, 5) is 12.2. The molecule has 8 heteroatoms. The lowest BCUT2D eigenvalue weighted by molar-refractivity contribution is 0.386. The van der Waals surface area contributed by atoms with Crippen LogP contribution in [0, 0.1) is 5.82 Å². The molecule has 3 rings (SSSR count). The molecule has 0 saturated heterocycles. The van der Waals surface area contributed by atoms with Crippen LogP contribution < -0.4 is 15.4 Å². The molecule has 0 atom stereocenters. The normalized spacial score (nSPS) is 13.9. The van der Waals surface area contributed by atoms with Gasteiger partial charge in [-0.15, -0.1) is 0 Å². The van der Waals surface area contributed by atoms with Crippen molar-refractivity contribution in [1.82, 2.24) is 15.0 Å². The molecule has 1 saturated carbocycles. The number of nitrogens with zero attached hydrogens (tertiary/aromatic N) is 3. The highest BCUT2D eigenvalue weighted by atomic mass is 35.5. The highest BCUT2D eigenvalue weighted by Crippen LogP contribution is 2.25. The Labute approximate surface area is 125 Å². The predicted molar refractivity (Wildman–Crippen MR) is 77.7 cm³/mol. The quantitative estimate of drug-likeness (QED) is 0.884. The van der Waals surface area contributed by atoms with E-state index in [4.69, 9.17) is 16.3 Å². The Kier molecular flexibility index (Phi) is 3.74. The first-order chi connectivity index (χ1) is 10.1. The monoisotopic (exact) mass is 309 g/mol. The van der Waals surface area contributed by atoms with Crippen LogP contribution in [0.4, 0.5) is 22.0 Å². The summed E-state index contributed by atoms with van der Waals surface area (Å²) in [6.45, 7) is 0. The fraction of sp³-hybridized carbons (Fsp3) is 0.308. The van der Waals surface area contributed by atoms with Crippen molar-refractivity contribution < 1.29 is 9.13 Å². The molecule has 1 heterocycles. The van der Waals surface area contributed by atoms with Gasteiger partial charge in [-0.25, -0.2) is 4.39 Å². The maximum absolute atomic E-state index is 13.6. The highest BCUT2D eigenvalue weighted by Gasteiger charge is 2.22. The van der Waals surface area contributed by atoms with Crippen molar-refractivity contribution in [1.29, 1.82) is 0 Å². The van der Waals surface area contributed by atoms with E-state index in [2.05, 4.69) is 25.6 Å². The second kappa shape index (κ2) is 5.69. The first-order valence-corrected chi connectivity index (χ1v) is 6.80. The van der Waals surface area contributed by atoms with E-state index < -0.39 is 5.82 Å². The minimum Gasteiger partial charge on any atom is -0.494 e.